The van der Waals surface area contributed by atoms with E-state index in [0.29, 0.717) is 13.2 Å². The summed E-state index contributed by atoms with van der Waals surface area (Å²) in [4.78, 5) is 2.44. The highest BCUT2D eigenvalue weighted by molar-refractivity contribution is 7.99. The Kier molecular flexibility index (Phi) is 7.77. The molecule has 132 valence electrons. The average molecular weight is 390 g/mol. The fraction of sp³-hybridized carbons (Fsp3) is 0.533. The van der Waals surface area contributed by atoms with Gasteiger partial charge in [-0.15, -0.1) is 17.5 Å². The Hall–Kier alpha value is -0.860. The Balaban J connectivity index is 0.00000208. The van der Waals surface area contributed by atoms with E-state index in [0.717, 1.165) is 41.0 Å². The van der Waals surface area contributed by atoms with E-state index in [4.69, 9.17) is 16.3 Å². The van der Waals surface area contributed by atoms with Crippen LogP contribution in [0.2, 0.25) is 5.02 Å². The molecule has 3 rings (SSSR count). The zero-order valence-corrected chi connectivity index (χ0v) is 15.9. The van der Waals surface area contributed by atoms with Crippen LogP contribution in [0.3, 0.4) is 0 Å². The van der Waals surface area contributed by atoms with Gasteiger partial charge in [0.25, 0.3) is 0 Å². The standard InChI is InChI=1S/C15H20ClN5OS.ClH/c1-22-9-6-21-15(17-18-19-21)14(20-7-10-23-11-8-20)12-2-4-13(16)5-3-12;/h2-5,14H,6-11H2,1H3;1H. The molecule has 0 spiro atoms. The number of thioether (sulfide) groups is 1. The first-order chi connectivity index (χ1) is 11.3. The second kappa shape index (κ2) is 9.58. The number of rotatable bonds is 6. The van der Waals surface area contributed by atoms with Crippen molar-refractivity contribution in [2.75, 3.05) is 38.3 Å². The van der Waals surface area contributed by atoms with Gasteiger partial charge in [0.15, 0.2) is 5.82 Å². The summed E-state index contributed by atoms with van der Waals surface area (Å²) in [6.07, 6.45) is 0. The van der Waals surface area contributed by atoms with Gasteiger partial charge in [-0.2, -0.15) is 11.8 Å². The van der Waals surface area contributed by atoms with Crippen LogP contribution in [0.4, 0.5) is 0 Å². The minimum Gasteiger partial charge on any atom is -0.383 e. The van der Waals surface area contributed by atoms with E-state index < -0.39 is 0 Å². The molecule has 6 nitrogen and oxygen atoms in total. The molecule has 0 saturated carbocycles. The van der Waals surface area contributed by atoms with E-state index in [1.165, 1.54) is 0 Å². The summed E-state index contributed by atoms with van der Waals surface area (Å²) in [7, 11) is 1.68. The van der Waals surface area contributed by atoms with Crippen LogP contribution in [-0.4, -0.2) is 63.4 Å². The van der Waals surface area contributed by atoms with Crippen LogP contribution in [0.1, 0.15) is 17.4 Å². The first-order valence-corrected chi connectivity index (χ1v) is 9.15. The third kappa shape index (κ3) is 4.61. The summed E-state index contributed by atoms with van der Waals surface area (Å²) >= 11 is 8.04. The molecular weight excluding hydrogens is 369 g/mol. The van der Waals surface area contributed by atoms with E-state index in [1.807, 2.05) is 28.6 Å². The largest absolute Gasteiger partial charge is 0.383 e. The molecule has 0 aliphatic carbocycles. The zero-order valence-electron chi connectivity index (χ0n) is 13.5. The fourth-order valence-corrected chi connectivity index (χ4v) is 3.81. The molecule has 0 radical (unpaired) electrons. The van der Waals surface area contributed by atoms with Crippen LogP contribution in [0.15, 0.2) is 24.3 Å². The molecule has 2 aromatic rings. The van der Waals surface area contributed by atoms with Crippen LogP contribution in [0.25, 0.3) is 0 Å². The number of ether oxygens (including phenoxy) is 1. The number of halogens is 2. The minimum atomic E-state index is 0. The van der Waals surface area contributed by atoms with Crippen LogP contribution < -0.4 is 0 Å². The molecule has 2 heterocycles. The quantitative estimate of drug-likeness (QED) is 0.756. The summed E-state index contributed by atoms with van der Waals surface area (Å²) in [5.74, 6) is 3.12. The second-order valence-electron chi connectivity index (χ2n) is 5.36. The predicted octanol–water partition coefficient (Wildman–Crippen LogP) is 2.53. The summed E-state index contributed by atoms with van der Waals surface area (Å²) in [6, 6.07) is 8.01. The van der Waals surface area contributed by atoms with E-state index in [-0.39, 0.29) is 18.4 Å². The molecular formula is C15H21Cl2N5OS. The van der Waals surface area contributed by atoms with Crippen molar-refractivity contribution in [3.05, 3.63) is 40.7 Å². The van der Waals surface area contributed by atoms with Gasteiger partial charge in [0.05, 0.1) is 19.2 Å². The summed E-state index contributed by atoms with van der Waals surface area (Å²) < 4.78 is 7.00. The Morgan fingerprint density at radius 1 is 1.25 bits per heavy atom. The lowest BCUT2D eigenvalue weighted by atomic mass is 10.0. The molecule has 24 heavy (non-hydrogen) atoms. The molecule has 0 amide bonds. The molecule has 1 unspecified atom stereocenters. The molecule has 0 bridgehead atoms. The van der Waals surface area contributed by atoms with Gasteiger partial charge in [-0.1, -0.05) is 23.7 Å². The third-order valence-corrected chi connectivity index (χ3v) is 5.10. The molecule has 1 aromatic heterocycles. The van der Waals surface area contributed by atoms with Crippen molar-refractivity contribution < 1.29 is 4.74 Å². The summed E-state index contributed by atoms with van der Waals surface area (Å²) in [5.41, 5.74) is 1.16. The van der Waals surface area contributed by atoms with Crippen LogP contribution in [0, 0.1) is 0 Å². The zero-order chi connectivity index (χ0) is 16.1. The smallest absolute Gasteiger partial charge is 0.173 e. The van der Waals surface area contributed by atoms with E-state index >= 15 is 0 Å². The van der Waals surface area contributed by atoms with Crippen molar-refractivity contribution in [2.24, 2.45) is 0 Å². The minimum absolute atomic E-state index is 0. The Morgan fingerprint density at radius 2 is 1.96 bits per heavy atom. The maximum absolute atomic E-state index is 6.05. The lowest BCUT2D eigenvalue weighted by molar-refractivity contribution is 0.176. The van der Waals surface area contributed by atoms with Gasteiger partial charge in [0.2, 0.25) is 0 Å². The number of methoxy groups -OCH3 is 1. The van der Waals surface area contributed by atoms with E-state index in [1.54, 1.807) is 7.11 Å². The summed E-state index contributed by atoms with van der Waals surface area (Å²) in [5, 5.41) is 13.1. The highest BCUT2D eigenvalue weighted by Crippen LogP contribution is 2.30. The van der Waals surface area contributed by atoms with Crippen LogP contribution in [0.5, 0.6) is 0 Å². The maximum Gasteiger partial charge on any atom is 0.173 e. The lowest BCUT2D eigenvalue weighted by Gasteiger charge is -2.33. The molecule has 1 aliphatic heterocycles. The van der Waals surface area contributed by atoms with Crippen molar-refractivity contribution in [3.8, 4) is 0 Å². The van der Waals surface area contributed by atoms with Gasteiger partial charge in [-0.3, -0.25) is 4.90 Å². The number of aromatic nitrogens is 4. The molecule has 1 atom stereocenters. The number of benzene rings is 1. The molecule has 1 aliphatic rings. The van der Waals surface area contributed by atoms with Gasteiger partial charge in [0, 0.05) is 36.7 Å². The maximum atomic E-state index is 6.05. The fourth-order valence-electron chi connectivity index (χ4n) is 2.75. The highest BCUT2D eigenvalue weighted by atomic mass is 35.5. The van der Waals surface area contributed by atoms with Gasteiger partial charge in [-0.25, -0.2) is 4.68 Å². The predicted molar refractivity (Wildman–Crippen MR) is 99.1 cm³/mol. The van der Waals surface area contributed by atoms with E-state index in [9.17, 15) is 0 Å². The first-order valence-electron chi connectivity index (χ1n) is 7.62. The number of tetrazole rings is 1. The normalized spacial score (nSPS) is 16.6. The van der Waals surface area contributed by atoms with Crippen molar-refractivity contribution >= 4 is 35.8 Å². The molecule has 1 aromatic carbocycles. The van der Waals surface area contributed by atoms with Gasteiger partial charge in [-0.05, 0) is 28.1 Å². The highest BCUT2D eigenvalue weighted by Gasteiger charge is 2.28. The van der Waals surface area contributed by atoms with E-state index in [2.05, 4.69) is 32.6 Å². The summed E-state index contributed by atoms with van der Waals surface area (Å²) in [6.45, 7) is 3.27. The number of hydrogen-bond acceptors (Lipinski definition) is 6. The SMILES string of the molecule is COCCn1nnnc1C(c1ccc(Cl)cc1)N1CCSCC1.Cl. The van der Waals surface area contributed by atoms with Crippen molar-refractivity contribution in [3.63, 3.8) is 0 Å². The Labute approximate surface area is 157 Å². The lowest BCUT2D eigenvalue weighted by Crippen LogP contribution is -2.38. The Bertz CT molecular complexity index is 619. The van der Waals surface area contributed by atoms with Gasteiger partial charge >= 0.3 is 0 Å². The van der Waals surface area contributed by atoms with Crippen LogP contribution >= 0.6 is 35.8 Å². The van der Waals surface area contributed by atoms with Gasteiger partial charge < -0.3 is 4.74 Å². The van der Waals surface area contributed by atoms with Crippen molar-refractivity contribution in [2.45, 2.75) is 12.6 Å². The molecule has 9 heteroatoms. The second-order valence-corrected chi connectivity index (χ2v) is 7.02. The van der Waals surface area contributed by atoms with Gasteiger partial charge in [0.1, 0.15) is 0 Å². The van der Waals surface area contributed by atoms with Crippen molar-refractivity contribution in [1.82, 2.24) is 25.1 Å². The Morgan fingerprint density at radius 3 is 2.62 bits per heavy atom. The molecule has 1 fully saturated rings. The average Bonchev–Trinajstić information content (AvgIpc) is 3.04. The topological polar surface area (TPSA) is 56.1 Å². The van der Waals surface area contributed by atoms with Crippen molar-refractivity contribution in [1.29, 1.82) is 0 Å². The third-order valence-electron chi connectivity index (χ3n) is 3.91. The first kappa shape index (κ1) is 19.5. The number of hydrogen-bond donors (Lipinski definition) is 0. The number of nitrogens with zero attached hydrogens (tertiary/aromatic N) is 5. The monoisotopic (exact) mass is 389 g/mol. The molecule has 1 saturated heterocycles. The molecule has 0 N–H and O–H groups in total. The van der Waals surface area contributed by atoms with Crippen LogP contribution in [-0.2, 0) is 11.3 Å².